The third-order valence-electron chi connectivity index (χ3n) is 6.60. The summed E-state index contributed by atoms with van der Waals surface area (Å²) in [5.74, 6) is 1.53. The summed E-state index contributed by atoms with van der Waals surface area (Å²) >= 11 is 0. The molecule has 6 heteroatoms. The minimum atomic E-state index is -0.688. The number of nitrogens with zero attached hydrogens (tertiary/aromatic N) is 2. The fourth-order valence-corrected chi connectivity index (χ4v) is 5.39. The van der Waals surface area contributed by atoms with Crippen LogP contribution in [0.15, 0.2) is 18.2 Å². The van der Waals surface area contributed by atoms with E-state index in [0.717, 1.165) is 11.3 Å². The van der Waals surface area contributed by atoms with Gasteiger partial charge in [0.05, 0.1) is 6.04 Å². The summed E-state index contributed by atoms with van der Waals surface area (Å²) in [6.07, 6.45) is 0.685. The van der Waals surface area contributed by atoms with Gasteiger partial charge in [-0.3, -0.25) is 9.59 Å². The van der Waals surface area contributed by atoms with Crippen molar-refractivity contribution in [2.75, 3.05) is 13.8 Å². The predicted octanol–water partition coefficient (Wildman–Crippen LogP) is 1.70. The van der Waals surface area contributed by atoms with Crippen molar-refractivity contribution in [3.63, 3.8) is 0 Å². The standard InChI is InChI=1S/C18H20N2O4/c1-16(2)8-18-15(22)19(4)17(18,3)14(21)20(18)13(16)10-5-6-11-12(7-10)24-9-23-11/h5-7,13H,8-9H2,1-4H3/t13-,17+,18?/m1/s1. The molecule has 0 aromatic heterocycles. The third kappa shape index (κ3) is 1.15. The average molecular weight is 328 g/mol. The second kappa shape index (κ2) is 3.71. The second-order valence-corrected chi connectivity index (χ2v) is 8.15. The van der Waals surface area contributed by atoms with Crippen LogP contribution in [0.2, 0.25) is 0 Å². The molecule has 3 fully saturated rings. The number of benzene rings is 1. The number of ether oxygens (including phenoxy) is 2. The van der Waals surface area contributed by atoms with Gasteiger partial charge in [-0.25, -0.2) is 0 Å². The van der Waals surface area contributed by atoms with Crippen LogP contribution in [0.3, 0.4) is 0 Å². The Morgan fingerprint density at radius 1 is 1.08 bits per heavy atom. The monoisotopic (exact) mass is 328 g/mol. The molecule has 0 N–H and O–H groups in total. The maximum atomic E-state index is 13.0. The van der Waals surface area contributed by atoms with Crippen molar-refractivity contribution in [1.29, 1.82) is 0 Å². The minimum absolute atomic E-state index is 0.0397. The molecule has 3 atom stereocenters. The first-order valence-electron chi connectivity index (χ1n) is 8.27. The summed E-state index contributed by atoms with van der Waals surface area (Å²) in [5, 5.41) is 0. The number of β-lactam (4-membered cyclic amide) rings is 2. The molecule has 0 bridgehead atoms. The molecule has 5 rings (SSSR count). The first kappa shape index (κ1) is 14.1. The summed E-state index contributed by atoms with van der Waals surface area (Å²) in [6.45, 7) is 6.38. The summed E-state index contributed by atoms with van der Waals surface area (Å²) in [5.41, 5.74) is -0.563. The zero-order valence-electron chi connectivity index (χ0n) is 14.3. The van der Waals surface area contributed by atoms with Gasteiger partial charge in [0, 0.05) is 7.05 Å². The fraction of sp³-hybridized carbons (Fsp3) is 0.556. The first-order valence-corrected chi connectivity index (χ1v) is 8.27. The number of carbonyl (C=O) groups is 2. The van der Waals surface area contributed by atoms with E-state index in [1.807, 2.05) is 30.0 Å². The molecule has 4 aliphatic heterocycles. The van der Waals surface area contributed by atoms with Gasteiger partial charge in [0.1, 0.15) is 0 Å². The van der Waals surface area contributed by atoms with Crippen LogP contribution in [0.1, 0.15) is 38.8 Å². The highest BCUT2D eigenvalue weighted by Crippen LogP contribution is 2.69. The molecular formula is C18H20N2O4. The van der Waals surface area contributed by atoms with Crippen LogP contribution in [0, 0.1) is 5.41 Å². The number of amides is 2. The van der Waals surface area contributed by atoms with E-state index in [1.165, 1.54) is 0 Å². The lowest BCUT2D eigenvalue weighted by atomic mass is 9.57. The van der Waals surface area contributed by atoms with Gasteiger partial charge in [-0.15, -0.1) is 0 Å². The fourth-order valence-electron chi connectivity index (χ4n) is 5.39. The first-order chi connectivity index (χ1) is 11.2. The molecule has 1 unspecified atom stereocenters. The van der Waals surface area contributed by atoms with Crippen LogP contribution < -0.4 is 9.47 Å². The number of fused-ring (bicyclic) bond motifs is 1. The smallest absolute Gasteiger partial charge is 0.252 e. The molecule has 1 aromatic rings. The normalized spacial score (nSPS) is 37.8. The number of hydrogen-bond donors (Lipinski definition) is 0. The molecule has 4 aliphatic rings. The topological polar surface area (TPSA) is 59.1 Å². The van der Waals surface area contributed by atoms with Crippen LogP contribution in [-0.2, 0) is 9.59 Å². The molecule has 3 saturated heterocycles. The van der Waals surface area contributed by atoms with Gasteiger partial charge in [-0.1, -0.05) is 19.9 Å². The summed E-state index contributed by atoms with van der Waals surface area (Å²) in [6, 6.07) is 5.68. The number of piperazine rings is 1. The molecule has 1 aromatic carbocycles. The lowest BCUT2D eigenvalue weighted by molar-refractivity contribution is -0.231. The Kier molecular flexibility index (Phi) is 2.18. The van der Waals surface area contributed by atoms with Crippen LogP contribution in [0.5, 0.6) is 11.5 Å². The molecule has 126 valence electrons. The van der Waals surface area contributed by atoms with E-state index in [9.17, 15) is 9.59 Å². The quantitative estimate of drug-likeness (QED) is 0.736. The number of likely N-dealkylation sites (tertiary alicyclic amines) is 1. The van der Waals surface area contributed by atoms with Crippen molar-refractivity contribution in [3.05, 3.63) is 23.8 Å². The number of rotatable bonds is 1. The van der Waals surface area contributed by atoms with Crippen molar-refractivity contribution < 1.29 is 19.1 Å². The van der Waals surface area contributed by atoms with E-state index in [-0.39, 0.29) is 30.1 Å². The summed E-state index contributed by atoms with van der Waals surface area (Å²) in [7, 11) is 1.73. The lowest BCUT2D eigenvalue weighted by Crippen LogP contribution is -2.96. The molecule has 0 aliphatic carbocycles. The number of carbonyl (C=O) groups excluding carboxylic acids is 2. The van der Waals surface area contributed by atoms with Gasteiger partial charge >= 0.3 is 0 Å². The van der Waals surface area contributed by atoms with Crippen LogP contribution in [0.25, 0.3) is 0 Å². The highest BCUT2D eigenvalue weighted by molar-refractivity contribution is 6.17. The number of hydrogen-bond acceptors (Lipinski definition) is 4. The maximum absolute atomic E-state index is 13.0. The van der Waals surface area contributed by atoms with Crippen molar-refractivity contribution in [2.45, 2.75) is 44.3 Å². The highest BCUT2D eigenvalue weighted by Gasteiger charge is 2.88. The Bertz CT molecular complexity index is 819. The van der Waals surface area contributed by atoms with E-state index in [2.05, 4.69) is 13.8 Å². The molecule has 0 radical (unpaired) electrons. The molecule has 24 heavy (non-hydrogen) atoms. The zero-order chi connectivity index (χ0) is 17.1. The van der Waals surface area contributed by atoms with Gasteiger partial charge in [-0.05, 0) is 36.5 Å². The van der Waals surface area contributed by atoms with E-state index >= 15 is 0 Å². The Balaban J connectivity index is 1.63. The van der Waals surface area contributed by atoms with Crippen molar-refractivity contribution in [2.24, 2.45) is 5.41 Å². The van der Waals surface area contributed by atoms with Gasteiger partial charge in [-0.2, -0.15) is 0 Å². The molecule has 1 spiro atoms. The molecule has 2 amide bonds. The Morgan fingerprint density at radius 3 is 2.54 bits per heavy atom. The van der Waals surface area contributed by atoms with Crippen LogP contribution in [-0.4, -0.2) is 46.5 Å². The minimum Gasteiger partial charge on any atom is -0.454 e. The lowest BCUT2D eigenvalue weighted by Gasteiger charge is -2.71. The average Bonchev–Trinajstić information content (AvgIpc) is 3.11. The summed E-state index contributed by atoms with van der Waals surface area (Å²) in [4.78, 5) is 29.1. The van der Waals surface area contributed by atoms with E-state index < -0.39 is 11.1 Å². The van der Waals surface area contributed by atoms with Gasteiger partial charge in [0.2, 0.25) is 6.79 Å². The zero-order valence-corrected chi connectivity index (χ0v) is 14.3. The Hall–Kier alpha value is -2.24. The molecule has 0 saturated carbocycles. The third-order valence-corrected chi connectivity index (χ3v) is 6.60. The molecule has 4 heterocycles. The van der Waals surface area contributed by atoms with E-state index in [4.69, 9.17) is 9.47 Å². The Labute approximate surface area is 140 Å². The predicted molar refractivity (Wildman–Crippen MR) is 84.5 cm³/mol. The van der Waals surface area contributed by atoms with Gasteiger partial charge in [0.15, 0.2) is 22.6 Å². The SMILES string of the molecule is CN1C(=O)C23CC(C)(C)[C@@H](c4ccc5c(c4)OCO5)N2C(=O)[C@]13C. The Morgan fingerprint density at radius 2 is 1.79 bits per heavy atom. The van der Waals surface area contributed by atoms with Gasteiger partial charge < -0.3 is 19.3 Å². The van der Waals surface area contributed by atoms with Crippen molar-refractivity contribution in [3.8, 4) is 11.5 Å². The second-order valence-electron chi connectivity index (χ2n) is 8.15. The summed E-state index contributed by atoms with van der Waals surface area (Å²) < 4.78 is 10.9. The number of likely N-dealkylation sites (N-methyl/N-ethyl adjacent to an activating group) is 1. The van der Waals surface area contributed by atoms with E-state index in [0.29, 0.717) is 12.2 Å². The molecule has 6 nitrogen and oxygen atoms in total. The maximum Gasteiger partial charge on any atom is 0.252 e. The van der Waals surface area contributed by atoms with Crippen LogP contribution in [0.4, 0.5) is 0 Å². The van der Waals surface area contributed by atoms with Gasteiger partial charge in [0.25, 0.3) is 11.8 Å². The van der Waals surface area contributed by atoms with Crippen LogP contribution >= 0.6 is 0 Å². The van der Waals surface area contributed by atoms with Crippen molar-refractivity contribution >= 4 is 11.8 Å². The molecular weight excluding hydrogens is 308 g/mol. The van der Waals surface area contributed by atoms with E-state index in [1.54, 1.807) is 11.9 Å². The van der Waals surface area contributed by atoms with Crippen molar-refractivity contribution in [1.82, 2.24) is 9.80 Å². The highest BCUT2D eigenvalue weighted by atomic mass is 16.7. The largest absolute Gasteiger partial charge is 0.454 e.